The fourth-order valence-corrected chi connectivity index (χ4v) is 1.49. The van der Waals surface area contributed by atoms with E-state index in [0.29, 0.717) is 4.47 Å². The fourth-order valence-electron chi connectivity index (χ4n) is 1.06. The molecule has 1 rings (SSSR count). The number of nitrogens with one attached hydrogen (secondary N) is 1. The van der Waals surface area contributed by atoms with E-state index in [1.54, 1.807) is 13.8 Å². The molecule has 0 aromatic heterocycles. The molecule has 0 atom stereocenters. The molecule has 2 nitrogen and oxygen atoms in total. The van der Waals surface area contributed by atoms with Crippen LogP contribution in [0.25, 0.3) is 0 Å². The minimum Gasteiger partial charge on any atom is -0.336 e. The van der Waals surface area contributed by atoms with Crippen molar-refractivity contribution in [1.82, 2.24) is 5.32 Å². The van der Waals surface area contributed by atoms with Crippen LogP contribution in [0.5, 0.6) is 0 Å². The van der Waals surface area contributed by atoms with E-state index in [-0.39, 0.29) is 5.56 Å². The molecule has 0 saturated carbocycles. The lowest BCUT2D eigenvalue weighted by molar-refractivity contribution is 0.0928. The number of terminal acetylenes is 1. The molecule has 0 bridgehead atoms. The highest BCUT2D eigenvalue weighted by Crippen LogP contribution is 2.18. The maximum Gasteiger partial charge on any atom is 0.253 e. The van der Waals surface area contributed by atoms with E-state index in [9.17, 15) is 9.18 Å². The molecule has 16 heavy (non-hydrogen) atoms. The van der Waals surface area contributed by atoms with Gasteiger partial charge in [-0.25, -0.2) is 4.39 Å². The zero-order valence-electron chi connectivity index (χ0n) is 8.97. The summed E-state index contributed by atoms with van der Waals surface area (Å²) in [6, 6.07) is 3.91. The zero-order valence-corrected chi connectivity index (χ0v) is 10.6. The number of amides is 1. The first-order valence-corrected chi connectivity index (χ1v) is 5.40. The lowest BCUT2D eigenvalue weighted by Crippen LogP contribution is -2.42. The van der Waals surface area contributed by atoms with Gasteiger partial charge in [0.1, 0.15) is 5.82 Å². The van der Waals surface area contributed by atoms with Crippen molar-refractivity contribution in [1.29, 1.82) is 0 Å². The predicted molar refractivity (Wildman–Crippen MR) is 64.5 cm³/mol. The summed E-state index contributed by atoms with van der Waals surface area (Å²) >= 11 is 3.18. The first-order chi connectivity index (χ1) is 7.35. The molecule has 84 valence electrons. The number of carbonyl (C=O) groups excluding carboxylic acids is 1. The van der Waals surface area contributed by atoms with Crippen molar-refractivity contribution >= 4 is 21.8 Å². The quantitative estimate of drug-likeness (QED) is 0.831. The Kier molecular flexibility index (Phi) is 3.71. The molecule has 1 N–H and O–H groups in total. The van der Waals surface area contributed by atoms with Crippen LogP contribution < -0.4 is 5.32 Å². The molecule has 0 aliphatic heterocycles. The summed E-state index contributed by atoms with van der Waals surface area (Å²) in [6.45, 7) is 3.39. The number of carbonyl (C=O) groups is 1. The van der Waals surface area contributed by atoms with E-state index < -0.39 is 17.3 Å². The third-order valence-electron chi connectivity index (χ3n) is 1.96. The second kappa shape index (κ2) is 4.67. The van der Waals surface area contributed by atoms with E-state index in [4.69, 9.17) is 6.42 Å². The van der Waals surface area contributed by atoms with Crippen LogP contribution in [0.2, 0.25) is 0 Å². The molecule has 0 unspecified atom stereocenters. The van der Waals surface area contributed by atoms with Crippen LogP contribution in [-0.2, 0) is 0 Å². The Balaban J connectivity index is 2.98. The third-order valence-corrected chi connectivity index (χ3v) is 2.65. The van der Waals surface area contributed by atoms with Crippen molar-refractivity contribution in [2.45, 2.75) is 19.4 Å². The van der Waals surface area contributed by atoms with Gasteiger partial charge < -0.3 is 5.32 Å². The van der Waals surface area contributed by atoms with Crippen molar-refractivity contribution in [3.8, 4) is 12.3 Å². The molecule has 4 heteroatoms. The molecule has 0 aliphatic carbocycles. The Labute approximate surface area is 102 Å². The van der Waals surface area contributed by atoms with Crippen LogP contribution in [-0.4, -0.2) is 11.4 Å². The van der Waals surface area contributed by atoms with Gasteiger partial charge in [-0.05, 0) is 48.0 Å². The number of halogens is 2. The van der Waals surface area contributed by atoms with Gasteiger partial charge in [0.2, 0.25) is 0 Å². The van der Waals surface area contributed by atoms with Crippen LogP contribution in [0.4, 0.5) is 4.39 Å². The van der Waals surface area contributed by atoms with E-state index in [0.717, 1.165) is 6.07 Å². The summed E-state index contributed by atoms with van der Waals surface area (Å²) in [7, 11) is 0. The Hall–Kier alpha value is -1.34. The Morgan fingerprint density at radius 1 is 1.56 bits per heavy atom. The third kappa shape index (κ3) is 3.07. The van der Waals surface area contributed by atoms with E-state index in [1.165, 1.54) is 12.1 Å². The minimum absolute atomic E-state index is 0.225. The van der Waals surface area contributed by atoms with Gasteiger partial charge in [0.25, 0.3) is 5.91 Å². The van der Waals surface area contributed by atoms with Crippen molar-refractivity contribution in [3.63, 3.8) is 0 Å². The summed E-state index contributed by atoms with van der Waals surface area (Å²) in [6.07, 6.45) is 5.25. The second-order valence-electron chi connectivity index (χ2n) is 3.85. The molecule has 1 aromatic rings. The lowest BCUT2D eigenvalue weighted by Gasteiger charge is -2.19. The molecular weight excluding hydrogens is 273 g/mol. The van der Waals surface area contributed by atoms with Crippen molar-refractivity contribution in [2.75, 3.05) is 0 Å². The zero-order chi connectivity index (χ0) is 12.3. The summed E-state index contributed by atoms with van der Waals surface area (Å²) < 4.78 is 13.5. The largest absolute Gasteiger partial charge is 0.336 e. The molecule has 1 aromatic carbocycles. The average molecular weight is 284 g/mol. The summed E-state index contributed by atoms with van der Waals surface area (Å²) in [5.41, 5.74) is -0.536. The van der Waals surface area contributed by atoms with E-state index >= 15 is 0 Å². The molecule has 0 heterocycles. The minimum atomic E-state index is -0.761. The highest BCUT2D eigenvalue weighted by atomic mass is 79.9. The topological polar surface area (TPSA) is 29.1 Å². The molecule has 0 spiro atoms. The van der Waals surface area contributed by atoms with Crippen LogP contribution in [0.1, 0.15) is 24.2 Å². The number of rotatable bonds is 2. The summed E-state index contributed by atoms with van der Waals surface area (Å²) in [5, 5.41) is 2.62. The normalized spacial score (nSPS) is 10.7. The Morgan fingerprint density at radius 2 is 2.19 bits per heavy atom. The number of benzene rings is 1. The molecule has 0 fully saturated rings. The van der Waals surface area contributed by atoms with Gasteiger partial charge in [0.05, 0.1) is 11.1 Å². The Morgan fingerprint density at radius 3 is 2.75 bits per heavy atom. The lowest BCUT2D eigenvalue weighted by atomic mass is 10.1. The Bertz CT molecular complexity index is 463. The number of hydrogen-bond donors (Lipinski definition) is 1. The first-order valence-electron chi connectivity index (χ1n) is 4.61. The standard InChI is InChI=1S/C12H11BrFNO/c1-4-12(2,3)15-11(16)9-7-8(14)5-6-10(9)13/h1,5-7H,2-3H3,(H,15,16). The van der Waals surface area contributed by atoms with Gasteiger partial charge in [-0.3, -0.25) is 4.79 Å². The van der Waals surface area contributed by atoms with Crippen LogP contribution in [0.3, 0.4) is 0 Å². The van der Waals surface area contributed by atoms with E-state index in [1.807, 2.05) is 0 Å². The predicted octanol–water partition coefficient (Wildman–Crippen LogP) is 2.73. The van der Waals surface area contributed by atoms with Crippen LogP contribution in [0, 0.1) is 18.2 Å². The maximum absolute atomic E-state index is 13.0. The number of hydrogen-bond acceptors (Lipinski definition) is 1. The maximum atomic E-state index is 13.0. The van der Waals surface area contributed by atoms with Gasteiger partial charge in [-0.2, -0.15) is 0 Å². The van der Waals surface area contributed by atoms with Gasteiger partial charge in [0, 0.05) is 4.47 Å². The van der Waals surface area contributed by atoms with Gasteiger partial charge in [-0.1, -0.05) is 5.92 Å². The van der Waals surface area contributed by atoms with Crippen molar-refractivity contribution in [3.05, 3.63) is 34.1 Å². The SMILES string of the molecule is C#CC(C)(C)NC(=O)c1cc(F)ccc1Br. The van der Waals surface area contributed by atoms with Gasteiger partial charge in [-0.15, -0.1) is 6.42 Å². The molecule has 0 saturated heterocycles. The van der Waals surface area contributed by atoms with Crippen LogP contribution in [0.15, 0.2) is 22.7 Å². The molecule has 0 radical (unpaired) electrons. The average Bonchev–Trinajstić information content (AvgIpc) is 2.21. The second-order valence-corrected chi connectivity index (χ2v) is 4.70. The first kappa shape index (κ1) is 12.7. The summed E-state index contributed by atoms with van der Waals surface area (Å²) in [4.78, 5) is 11.8. The highest BCUT2D eigenvalue weighted by molar-refractivity contribution is 9.10. The van der Waals surface area contributed by atoms with Gasteiger partial charge in [0.15, 0.2) is 0 Å². The van der Waals surface area contributed by atoms with E-state index in [2.05, 4.69) is 27.2 Å². The van der Waals surface area contributed by atoms with Crippen molar-refractivity contribution in [2.24, 2.45) is 0 Å². The molecule has 0 aliphatic rings. The monoisotopic (exact) mass is 283 g/mol. The smallest absolute Gasteiger partial charge is 0.253 e. The molecular formula is C12H11BrFNO. The van der Waals surface area contributed by atoms with Gasteiger partial charge >= 0.3 is 0 Å². The summed E-state index contributed by atoms with van der Waals surface area (Å²) in [5.74, 6) is 1.56. The van der Waals surface area contributed by atoms with Crippen molar-refractivity contribution < 1.29 is 9.18 Å². The molecule has 1 amide bonds. The fraction of sp³-hybridized carbons (Fsp3) is 0.250. The highest BCUT2D eigenvalue weighted by Gasteiger charge is 2.19. The van der Waals surface area contributed by atoms with Crippen LogP contribution >= 0.6 is 15.9 Å².